The average molecular weight is 378 g/mol. The highest BCUT2D eigenvalue weighted by atomic mass is 16.5. The number of likely N-dealkylation sites (N-methyl/N-ethyl adjacent to an activating group) is 1. The lowest BCUT2D eigenvalue weighted by Gasteiger charge is -2.42. The van der Waals surface area contributed by atoms with Crippen LogP contribution in [0.4, 0.5) is 4.79 Å². The van der Waals surface area contributed by atoms with Crippen molar-refractivity contribution in [3.63, 3.8) is 0 Å². The number of aromatic nitrogens is 1. The van der Waals surface area contributed by atoms with Crippen molar-refractivity contribution < 1.29 is 19.4 Å². The van der Waals surface area contributed by atoms with Crippen LogP contribution in [0.2, 0.25) is 0 Å². The van der Waals surface area contributed by atoms with E-state index in [9.17, 15) is 9.59 Å². The van der Waals surface area contributed by atoms with E-state index in [4.69, 9.17) is 9.84 Å². The van der Waals surface area contributed by atoms with Gasteiger partial charge in [0.05, 0.1) is 6.54 Å². The second-order valence-corrected chi connectivity index (χ2v) is 7.83. The van der Waals surface area contributed by atoms with Gasteiger partial charge in [-0.3, -0.25) is 9.69 Å². The van der Waals surface area contributed by atoms with E-state index in [0.717, 1.165) is 18.4 Å². The average Bonchev–Trinajstić information content (AvgIpc) is 2.53. The molecule has 8 heteroatoms. The number of amides is 2. The SMILES string of the molecule is CCN(CC(=O)O)C1CC(NC(=O)NCc2ccc(OC(C)(C)C)nc2)C1. The van der Waals surface area contributed by atoms with Gasteiger partial charge in [-0.1, -0.05) is 13.0 Å². The van der Waals surface area contributed by atoms with Crippen LogP contribution < -0.4 is 15.4 Å². The molecule has 0 aliphatic heterocycles. The van der Waals surface area contributed by atoms with E-state index in [1.54, 1.807) is 12.3 Å². The number of aliphatic carboxylic acids is 1. The number of rotatable bonds is 8. The molecule has 2 amide bonds. The first-order valence-corrected chi connectivity index (χ1v) is 9.30. The number of carboxylic acids is 1. The molecule has 1 aliphatic rings. The van der Waals surface area contributed by atoms with Crippen LogP contribution in [-0.4, -0.2) is 57.8 Å². The fourth-order valence-electron chi connectivity index (χ4n) is 2.98. The Kier molecular flexibility index (Phi) is 7.01. The molecule has 27 heavy (non-hydrogen) atoms. The van der Waals surface area contributed by atoms with Crippen LogP contribution in [0.15, 0.2) is 18.3 Å². The minimum absolute atomic E-state index is 0.0437. The molecule has 0 bridgehead atoms. The minimum atomic E-state index is -0.821. The molecule has 0 aromatic carbocycles. The molecular formula is C19H30N4O4. The van der Waals surface area contributed by atoms with E-state index in [1.807, 2.05) is 38.7 Å². The Morgan fingerprint density at radius 2 is 2.04 bits per heavy atom. The molecule has 1 aliphatic carbocycles. The van der Waals surface area contributed by atoms with E-state index in [-0.39, 0.29) is 30.3 Å². The molecule has 2 rings (SSSR count). The Morgan fingerprint density at radius 1 is 1.33 bits per heavy atom. The summed E-state index contributed by atoms with van der Waals surface area (Å²) >= 11 is 0. The molecule has 0 radical (unpaired) electrons. The fourth-order valence-corrected chi connectivity index (χ4v) is 2.98. The van der Waals surface area contributed by atoms with Gasteiger partial charge in [-0.2, -0.15) is 0 Å². The van der Waals surface area contributed by atoms with Crippen LogP contribution in [0.3, 0.4) is 0 Å². The van der Waals surface area contributed by atoms with Crippen LogP contribution in [0.25, 0.3) is 0 Å². The van der Waals surface area contributed by atoms with Gasteiger partial charge in [-0.25, -0.2) is 9.78 Å². The third kappa shape index (κ3) is 7.05. The zero-order chi connectivity index (χ0) is 20.0. The summed E-state index contributed by atoms with van der Waals surface area (Å²) < 4.78 is 5.67. The number of nitrogens with one attached hydrogen (secondary N) is 2. The Hall–Kier alpha value is -2.35. The third-order valence-corrected chi connectivity index (χ3v) is 4.37. The van der Waals surface area contributed by atoms with Crippen molar-refractivity contribution in [1.29, 1.82) is 0 Å². The summed E-state index contributed by atoms with van der Waals surface area (Å²) in [6, 6.07) is 3.74. The van der Waals surface area contributed by atoms with E-state index in [0.29, 0.717) is 19.0 Å². The highest BCUT2D eigenvalue weighted by molar-refractivity contribution is 5.74. The van der Waals surface area contributed by atoms with Crippen molar-refractivity contribution in [1.82, 2.24) is 20.5 Å². The van der Waals surface area contributed by atoms with E-state index < -0.39 is 5.97 Å². The maximum atomic E-state index is 12.0. The molecule has 1 saturated carbocycles. The first-order valence-electron chi connectivity index (χ1n) is 9.30. The predicted octanol–water partition coefficient (Wildman–Crippen LogP) is 2.00. The van der Waals surface area contributed by atoms with Gasteiger partial charge < -0.3 is 20.5 Å². The second-order valence-electron chi connectivity index (χ2n) is 7.83. The second kappa shape index (κ2) is 9.03. The normalized spacial score (nSPS) is 19.3. The first kappa shape index (κ1) is 21.0. The standard InChI is InChI=1S/C19H30N4O4/c1-5-23(12-17(24)25)15-8-14(9-15)22-18(26)21-11-13-6-7-16(20-10-13)27-19(2,3)4/h6-7,10,14-15H,5,8-9,11-12H2,1-4H3,(H,24,25)(H2,21,22,26). The van der Waals surface area contributed by atoms with Crippen molar-refractivity contribution in [2.45, 2.75) is 64.8 Å². The van der Waals surface area contributed by atoms with Gasteiger partial charge in [0.25, 0.3) is 0 Å². The first-order chi connectivity index (χ1) is 12.7. The van der Waals surface area contributed by atoms with Crippen molar-refractivity contribution in [3.8, 4) is 5.88 Å². The Labute approximate surface area is 160 Å². The molecule has 0 saturated heterocycles. The Bertz CT molecular complexity index is 636. The lowest BCUT2D eigenvalue weighted by Crippen LogP contribution is -2.56. The Morgan fingerprint density at radius 3 is 2.56 bits per heavy atom. The summed E-state index contributed by atoms with van der Waals surface area (Å²) in [4.78, 5) is 29.0. The van der Waals surface area contributed by atoms with E-state index >= 15 is 0 Å². The van der Waals surface area contributed by atoms with Gasteiger partial charge in [-0.05, 0) is 45.7 Å². The number of carbonyl (C=O) groups excluding carboxylic acids is 1. The summed E-state index contributed by atoms with van der Waals surface area (Å²) in [5, 5.41) is 14.7. The van der Waals surface area contributed by atoms with E-state index in [2.05, 4.69) is 15.6 Å². The smallest absolute Gasteiger partial charge is 0.317 e. The number of nitrogens with zero attached hydrogens (tertiary/aromatic N) is 2. The molecule has 1 aromatic heterocycles. The Balaban J connectivity index is 1.69. The molecule has 0 spiro atoms. The molecule has 3 N–H and O–H groups in total. The van der Waals surface area contributed by atoms with Gasteiger partial charge in [0.1, 0.15) is 5.60 Å². The monoisotopic (exact) mass is 378 g/mol. The van der Waals surface area contributed by atoms with Crippen LogP contribution in [-0.2, 0) is 11.3 Å². The number of carboxylic acid groups (broad SMARTS) is 1. The molecule has 1 aromatic rings. The molecule has 1 heterocycles. The number of urea groups is 1. The molecule has 1 fully saturated rings. The largest absolute Gasteiger partial charge is 0.480 e. The number of ether oxygens (including phenoxy) is 1. The maximum Gasteiger partial charge on any atom is 0.317 e. The zero-order valence-electron chi connectivity index (χ0n) is 16.5. The number of hydrogen-bond acceptors (Lipinski definition) is 5. The maximum absolute atomic E-state index is 12.0. The zero-order valence-corrected chi connectivity index (χ0v) is 16.5. The van der Waals surface area contributed by atoms with Crippen LogP contribution in [0, 0.1) is 0 Å². The van der Waals surface area contributed by atoms with Crippen molar-refractivity contribution in [2.75, 3.05) is 13.1 Å². The van der Waals surface area contributed by atoms with Crippen molar-refractivity contribution in [3.05, 3.63) is 23.9 Å². The van der Waals surface area contributed by atoms with Gasteiger partial charge in [0.15, 0.2) is 0 Å². The predicted molar refractivity (Wildman–Crippen MR) is 102 cm³/mol. The van der Waals surface area contributed by atoms with E-state index in [1.165, 1.54) is 0 Å². The minimum Gasteiger partial charge on any atom is -0.480 e. The van der Waals surface area contributed by atoms with Gasteiger partial charge in [-0.15, -0.1) is 0 Å². The summed E-state index contributed by atoms with van der Waals surface area (Å²) in [5.41, 5.74) is 0.585. The van der Waals surface area contributed by atoms with Crippen molar-refractivity contribution >= 4 is 12.0 Å². The van der Waals surface area contributed by atoms with Gasteiger partial charge >= 0.3 is 12.0 Å². The number of pyridine rings is 1. The quantitative estimate of drug-likeness (QED) is 0.639. The fraction of sp³-hybridized carbons (Fsp3) is 0.632. The summed E-state index contributed by atoms with van der Waals surface area (Å²) in [7, 11) is 0. The molecule has 150 valence electrons. The van der Waals surface area contributed by atoms with Crippen molar-refractivity contribution in [2.24, 2.45) is 0 Å². The van der Waals surface area contributed by atoms with Crippen LogP contribution in [0.5, 0.6) is 5.88 Å². The summed E-state index contributed by atoms with van der Waals surface area (Å²) in [5.74, 6) is -0.267. The molecular weight excluding hydrogens is 348 g/mol. The summed E-state index contributed by atoms with van der Waals surface area (Å²) in [6.45, 7) is 8.94. The summed E-state index contributed by atoms with van der Waals surface area (Å²) in [6.07, 6.45) is 3.23. The van der Waals surface area contributed by atoms with Crippen LogP contribution >= 0.6 is 0 Å². The molecule has 8 nitrogen and oxygen atoms in total. The lowest BCUT2D eigenvalue weighted by molar-refractivity contribution is -0.139. The lowest BCUT2D eigenvalue weighted by atomic mass is 9.85. The molecule has 0 unspecified atom stereocenters. The third-order valence-electron chi connectivity index (χ3n) is 4.37. The number of carbonyl (C=O) groups is 2. The van der Waals surface area contributed by atoms with Crippen LogP contribution in [0.1, 0.15) is 46.1 Å². The molecule has 0 atom stereocenters. The number of hydrogen-bond donors (Lipinski definition) is 3. The highest BCUT2D eigenvalue weighted by Gasteiger charge is 2.34. The van der Waals surface area contributed by atoms with Gasteiger partial charge in [0, 0.05) is 30.9 Å². The van der Waals surface area contributed by atoms with Gasteiger partial charge in [0.2, 0.25) is 5.88 Å². The highest BCUT2D eigenvalue weighted by Crippen LogP contribution is 2.25. The topological polar surface area (TPSA) is 104 Å².